The number of anilines is 1. The summed E-state index contributed by atoms with van der Waals surface area (Å²) in [4.78, 5) is 21.6. The molecule has 4 heterocycles. The molecular weight excluding hydrogens is 378 g/mol. The number of aromatic nitrogens is 2. The number of nitrogens with zero attached hydrogens (tertiary/aromatic N) is 4. The van der Waals surface area contributed by atoms with Crippen molar-refractivity contribution in [1.29, 1.82) is 0 Å². The molecule has 0 atom stereocenters. The molecule has 0 radical (unpaired) electrons. The average Bonchev–Trinajstić information content (AvgIpc) is 2.93. The number of hydrogen-bond donors (Lipinski definition) is 1. The topological polar surface area (TPSA) is 62.1 Å². The number of carbonyl (C=O) groups is 1. The van der Waals surface area contributed by atoms with Gasteiger partial charge in [0.2, 0.25) is 0 Å². The molecule has 2 aliphatic rings. The first-order valence-corrected chi connectivity index (χ1v) is 10.7. The van der Waals surface area contributed by atoms with Crippen molar-refractivity contribution in [1.82, 2.24) is 19.6 Å². The van der Waals surface area contributed by atoms with Gasteiger partial charge in [-0.2, -0.15) is 0 Å². The normalized spacial score (nSPS) is 17.6. The molecular formula is C23H27N5O2. The Labute approximate surface area is 176 Å². The van der Waals surface area contributed by atoms with Gasteiger partial charge in [0.05, 0.1) is 17.1 Å². The maximum Gasteiger partial charge on any atom is 0.265 e. The van der Waals surface area contributed by atoms with Crippen LogP contribution in [0.3, 0.4) is 0 Å². The SMILES string of the molecule is CCN1C(=O)COc2ccc(-c3nc4ccccn4c3CN3CCCNCC3)cc21. The third kappa shape index (κ3) is 3.44. The summed E-state index contributed by atoms with van der Waals surface area (Å²) in [6.45, 7) is 7.73. The number of nitrogens with one attached hydrogen (secondary N) is 1. The number of likely N-dealkylation sites (N-methyl/N-ethyl adjacent to an activating group) is 1. The Morgan fingerprint density at radius 3 is 3.00 bits per heavy atom. The van der Waals surface area contributed by atoms with E-state index < -0.39 is 0 Å². The molecule has 0 bridgehead atoms. The third-order valence-corrected chi connectivity index (χ3v) is 5.93. The molecule has 30 heavy (non-hydrogen) atoms. The lowest BCUT2D eigenvalue weighted by molar-refractivity contribution is -0.121. The van der Waals surface area contributed by atoms with Crippen molar-refractivity contribution in [2.24, 2.45) is 0 Å². The number of pyridine rings is 1. The second kappa shape index (κ2) is 8.08. The highest BCUT2D eigenvalue weighted by Gasteiger charge is 2.26. The number of imidazole rings is 1. The standard InChI is InChI=1S/C23H27N5O2/c1-2-27-18-14-17(7-8-20(18)30-16-22(27)29)23-19(15-26-11-5-9-24-10-13-26)28-12-4-3-6-21(28)25-23/h3-4,6-8,12,14,24H,2,5,9-11,13,15-16H2,1H3. The van der Waals surface area contributed by atoms with Crippen LogP contribution in [-0.2, 0) is 11.3 Å². The van der Waals surface area contributed by atoms with Crippen LogP contribution >= 0.6 is 0 Å². The summed E-state index contributed by atoms with van der Waals surface area (Å²) in [5.41, 5.74) is 4.92. The summed E-state index contributed by atoms with van der Waals surface area (Å²) in [6.07, 6.45) is 3.23. The Balaban J connectivity index is 1.59. The predicted octanol–water partition coefficient (Wildman–Crippen LogP) is 2.54. The summed E-state index contributed by atoms with van der Waals surface area (Å²) >= 11 is 0. The van der Waals surface area contributed by atoms with Crippen LogP contribution in [0.2, 0.25) is 0 Å². The van der Waals surface area contributed by atoms with E-state index in [9.17, 15) is 4.79 Å². The van der Waals surface area contributed by atoms with Crippen molar-refractivity contribution in [3.63, 3.8) is 0 Å². The van der Waals surface area contributed by atoms with Crippen LogP contribution in [0.25, 0.3) is 16.9 Å². The van der Waals surface area contributed by atoms with E-state index >= 15 is 0 Å². The van der Waals surface area contributed by atoms with Gasteiger partial charge in [-0.05, 0) is 56.8 Å². The molecule has 0 spiro atoms. The van der Waals surface area contributed by atoms with Gasteiger partial charge in [-0.15, -0.1) is 0 Å². The van der Waals surface area contributed by atoms with E-state index in [1.165, 1.54) is 5.69 Å². The molecule has 2 aromatic heterocycles. The van der Waals surface area contributed by atoms with Gasteiger partial charge in [-0.1, -0.05) is 6.07 Å². The summed E-state index contributed by atoms with van der Waals surface area (Å²) in [7, 11) is 0. The predicted molar refractivity (Wildman–Crippen MR) is 117 cm³/mol. The van der Waals surface area contributed by atoms with Gasteiger partial charge in [-0.25, -0.2) is 4.98 Å². The zero-order valence-corrected chi connectivity index (χ0v) is 17.3. The summed E-state index contributed by atoms with van der Waals surface area (Å²) in [5, 5.41) is 3.47. The number of amides is 1. The highest BCUT2D eigenvalue weighted by Crippen LogP contribution is 2.37. The summed E-state index contributed by atoms with van der Waals surface area (Å²) in [6, 6.07) is 12.2. The second-order valence-corrected chi connectivity index (χ2v) is 7.82. The number of hydrogen-bond acceptors (Lipinski definition) is 5. The number of ether oxygens (including phenoxy) is 1. The number of fused-ring (bicyclic) bond motifs is 2. The smallest absolute Gasteiger partial charge is 0.265 e. The van der Waals surface area contributed by atoms with Crippen LogP contribution in [0, 0.1) is 0 Å². The number of carbonyl (C=O) groups excluding carboxylic acids is 1. The maximum absolute atomic E-state index is 12.3. The fraction of sp³-hybridized carbons (Fsp3) is 0.391. The van der Waals surface area contributed by atoms with Crippen molar-refractivity contribution in [2.45, 2.75) is 19.9 Å². The maximum atomic E-state index is 12.3. The van der Waals surface area contributed by atoms with Crippen molar-refractivity contribution in [2.75, 3.05) is 44.2 Å². The minimum atomic E-state index is -0.00515. The van der Waals surface area contributed by atoms with Gasteiger partial charge in [0.25, 0.3) is 5.91 Å². The minimum absolute atomic E-state index is 0.00515. The van der Waals surface area contributed by atoms with Gasteiger partial charge in [0, 0.05) is 37.9 Å². The second-order valence-electron chi connectivity index (χ2n) is 7.82. The van der Waals surface area contributed by atoms with Crippen molar-refractivity contribution in [3.8, 4) is 17.0 Å². The average molecular weight is 406 g/mol. The fourth-order valence-electron chi connectivity index (χ4n) is 4.40. The molecule has 1 N–H and O–H groups in total. The molecule has 7 heteroatoms. The Bertz CT molecular complexity index is 1070. The van der Waals surface area contributed by atoms with E-state index in [2.05, 4.69) is 26.9 Å². The van der Waals surface area contributed by atoms with Crippen LogP contribution in [0.1, 0.15) is 19.0 Å². The van der Waals surface area contributed by atoms with Crippen molar-refractivity contribution >= 4 is 17.2 Å². The molecule has 1 saturated heterocycles. The van der Waals surface area contributed by atoms with E-state index in [0.717, 1.165) is 67.5 Å². The molecule has 0 saturated carbocycles. The lowest BCUT2D eigenvalue weighted by Gasteiger charge is -2.28. The van der Waals surface area contributed by atoms with Gasteiger partial charge in [0.1, 0.15) is 11.4 Å². The Morgan fingerprint density at radius 1 is 1.17 bits per heavy atom. The largest absolute Gasteiger partial charge is 0.482 e. The van der Waals surface area contributed by atoms with Gasteiger partial charge in [0.15, 0.2) is 6.61 Å². The molecule has 0 unspecified atom stereocenters. The Hall–Kier alpha value is -2.90. The lowest BCUT2D eigenvalue weighted by Crippen LogP contribution is -2.38. The van der Waals surface area contributed by atoms with Crippen LogP contribution in [0.5, 0.6) is 5.75 Å². The van der Waals surface area contributed by atoms with Gasteiger partial charge < -0.3 is 19.4 Å². The number of rotatable bonds is 4. The minimum Gasteiger partial charge on any atom is -0.482 e. The molecule has 7 nitrogen and oxygen atoms in total. The van der Waals surface area contributed by atoms with Crippen LogP contribution < -0.4 is 15.0 Å². The highest BCUT2D eigenvalue weighted by molar-refractivity contribution is 5.98. The molecule has 1 amide bonds. The molecule has 2 aliphatic heterocycles. The first-order chi connectivity index (χ1) is 14.7. The van der Waals surface area contributed by atoms with E-state index in [4.69, 9.17) is 9.72 Å². The monoisotopic (exact) mass is 405 g/mol. The lowest BCUT2D eigenvalue weighted by atomic mass is 10.1. The third-order valence-electron chi connectivity index (χ3n) is 5.93. The molecule has 156 valence electrons. The van der Waals surface area contributed by atoms with Crippen LogP contribution in [-0.4, -0.2) is 59.5 Å². The van der Waals surface area contributed by atoms with Crippen molar-refractivity contribution < 1.29 is 9.53 Å². The van der Waals surface area contributed by atoms with E-state index in [1.54, 1.807) is 4.90 Å². The van der Waals surface area contributed by atoms with Crippen LogP contribution in [0.15, 0.2) is 42.6 Å². The van der Waals surface area contributed by atoms with E-state index in [-0.39, 0.29) is 12.5 Å². The molecule has 0 aliphatic carbocycles. The quantitative estimate of drug-likeness (QED) is 0.723. The Morgan fingerprint density at radius 2 is 2.10 bits per heavy atom. The first-order valence-electron chi connectivity index (χ1n) is 10.7. The molecule has 5 rings (SSSR count). The summed E-state index contributed by atoms with van der Waals surface area (Å²) in [5.74, 6) is 0.749. The van der Waals surface area contributed by atoms with Gasteiger partial charge in [-0.3, -0.25) is 9.69 Å². The molecule has 3 aromatic rings. The summed E-state index contributed by atoms with van der Waals surface area (Å²) < 4.78 is 7.84. The van der Waals surface area contributed by atoms with Gasteiger partial charge >= 0.3 is 0 Å². The highest BCUT2D eigenvalue weighted by atomic mass is 16.5. The fourth-order valence-corrected chi connectivity index (χ4v) is 4.40. The Kier molecular flexibility index (Phi) is 5.14. The number of benzene rings is 1. The zero-order chi connectivity index (χ0) is 20.5. The van der Waals surface area contributed by atoms with Crippen LogP contribution in [0.4, 0.5) is 5.69 Å². The van der Waals surface area contributed by atoms with E-state index in [1.807, 2.05) is 37.3 Å². The van der Waals surface area contributed by atoms with Crippen molar-refractivity contribution in [3.05, 3.63) is 48.3 Å². The zero-order valence-electron chi connectivity index (χ0n) is 17.3. The van der Waals surface area contributed by atoms with E-state index in [0.29, 0.717) is 6.54 Å². The first kappa shape index (κ1) is 19.1. The molecule has 1 aromatic carbocycles. The molecule has 1 fully saturated rings.